The van der Waals surface area contributed by atoms with Crippen LogP contribution in [0.4, 0.5) is 4.39 Å². The summed E-state index contributed by atoms with van der Waals surface area (Å²) in [5.74, 6) is 0.453. The number of allylic oxidation sites excluding steroid dienone is 3. The Balaban J connectivity index is 2.59. The second-order valence-corrected chi connectivity index (χ2v) is 7.66. The maximum atomic E-state index is 13.2. The number of carbonyl (C=O) groups is 2. The summed E-state index contributed by atoms with van der Waals surface area (Å²) in [6.45, 7) is 13.4. The summed E-state index contributed by atoms with van der Waals surface area (Å²) in [5, 5.41) is 2.69. The monoisotopic (exact) mass is 415 g/mol. The average molecular weight is 416 g/mol. The Kier molecular flexibility index (Phi) is 10.8. The van der Waals surface area contributed by atoms with E-state index in [1.54, 1.807) is 31.2 Å². The van der Waals surface area contributed by atoms with Gasteiger partial charge in [-0.25, -0.2) is 4.39 Å². The summed E-state index contributed by atoms with van der Waals surface area (Å²) in [6, 6.07) is 5.95. The average Bonchev–Trinajstić information content (AvgIpc) is 2.69. The highest BCUT2D eigenvalue weighted by Gasteiger charge is 2.21. The Hall–Kier alpha value is -2.69. The predicted molar refractivity (Wildman–Crippen MR) is 119 cm³/mol. The zero-order chi connectivity index (χ0) is 22.7. The van der Waals surface area contributed by atoms with E-state index < -0.39 is 0 Å². The minimum atomic E-state index is -0.369. The smallest absolute Gasteiger partial charge is 0.228 e. The molecule has 3 unspecified atom stereocenters. The van der Waals surface area contributed by atoms with E-state index in [-0.39, 0.29) is 41.9 Å². The number of ketones is 1. The Labute approximate surface area is 179 Å². The molecule has 0 bridgehead atoms. The van der Waals surface area contributed by atoms with Gasteiger partial charge in [0.15, 0.2) is 0 Å². The van der Waals surface area contributed by atoms with Gasteiger partial charge in [-0.1, -0.05) is 39.5 Å². The van der Waals surface area contributed by atoms with Crippen LogP contribution in [-0.2, 0) is 20.7 Å². The molecule has 0 saturated heterocycles. The third-order valence-electron chi connectivity index (χ3n) is 5.17. The van der Waals surface area contributed by atoms with E-state index in [0.29, 0.717) is 17.0 Å². The number of carbonyl (C=O) groups excluding carboxylic acids is 2. The van der Waals surface area contributed by atoms with Crippen LogP contribution in [-0.4, -0.2) is 17.8 Å². The van der Waals surface area contributed by atoms with Crippen LogP contribution in [0.5, 0.6) is 0 Å². The third-order valence-corrected chi connectivity index (χ3v) is 5.17. The van der Waals surface area contributed by atoms with Gasteiger partial charge in [0.05, 0.1) is 12.5 Å². The van der Waals surface area contributed by atoms with Crippen molar-refractivity contribution < 1.29 is 18.7 Å². The maximum absolute atomic E-state index is 13.2. The molecule has 1 amide bonds. The zero-order valence-corrected chi connectivity index (χ0v) is 18.7. The molecule has 1 N–H and O–H groups in total. The van der Waals surface area contributed by atoms with Gasteiger partial charge in [0.1, 0.15) is 17.4 Å². The van der Waals surface area contributed by atoms with Crippen molar-refractivity contribution in [1.29, 1.82) is 0 Å². The molecule has 0 spiro atoms. The van der Waals surface area contributed by atoms with E-state index in [2.05, 4.69) is 25.7 Å². The van der Waals surface area contributed by atoms with E-state index in [0.717, 1.165) is 12.8 Å². The molecule has 0 heterocycles. The fourth-order valence-corrected chi connectivity index (χ4v) is 2.99. The van der Waals surface area contributed by atoms with Crippen molar-refractivity contribution in [3.8, 4) is 0 Å². The SMILES string of the molecule is C=C(/C=C\C(=C/C)OC(CC)CC(C)C(C)C(C)=O)NC(=O)Cc1cccc(F)c1. The Morgan fingerprint density at radius 2 is 1.97 bits per heavy atom. The van der Waals surface area contributed by atoms with E-state index in [4.69, 9.17) is 4.74 Å². The van der Waals surface area contributed by atoms with Gasteiger partial charge in [0.2, 0.25) is 5.91 Å². The molecule has 4 nitrogen and oxygen atoms in total. The first kappa shape index (κ1) is 25.3. The predicted octanol–water partition coefficient (Wildman–Crippen LogP) is 5.50. The molecule has 1 aromatic rings. The quantitative estimate of drug-likeness (QED) is 0.362. The highest BCUT2D eigenvalue weighted by molar-refractivity contribution is 5.80. The summed E-state index contributed by atoms with van der Waals surface area (Å²) in [5.41, 5.74) is 1.02. The lowest BCUT2D eigenvalue weighted by atomic mass is 9.87. The van der Waals surface area contributed by atoms with Gasteiger partial charge >= 0.3 is 0 Å². The topological polar surface area (TPSA) is 55.4 Å². The van der Waals surface area contributed by atoms with Crippen LogP contribution < -0.4 is 5.32 Å². The number of ether oxygens (including phenoxy) is 1. The van der Waals surface area contributed by atoms with Gasteiger partial charge < -0.3 is 10.1 Å². The Morgan fingerprint density at radius 1 is 1.27 bits per heavy atom. The highest BCUT2D eigenvalue weighted by atomic mass is 19.1. The van der Waals surface area contributed by atoms with Gasteiger partial charge in [-0.15, -0.1) is 0 Å². The molecule has 0 aliphatic carbocycles. The minimum absolute atomic E-state index is 0.000304. The van der Waals surface area contributed by atoms with Crippen molar-refractivity contribution >= 4 is 11.7 Å². The minimum Gasteiger partial charge on any atom is -0.491 e. The summed E-state index contributed by atoms with van der Waals surface area (Å²) < 4.78 is 19.3. The van der Waals surface area contributed by atoms with E-state index in [1.807, 2.05) is 19.9 Å². The Bertz CT molecular complexity index is 797. The van der Waals surface area contributed by atoms with Crippen LogP contribution in [0.2, 0.25) is 0 Å². The number of nitrogens with one attached hydrogen (secondary N) is 1. The molecule has 0 aromatic heterocycles. The van der Waals surface area contributed by atoms with Gasteiger partial charge in [-0.3, -0.25) is 9.59 Å². The lowest BCUT2D eigenvalue weighted by Gasteiger charge is -2.24. The standard InChI is InChI=1S/C25H34FNO3/c1-7-23(30-24(8-2)14-17(3)19(5)20(6)28)13-12-18(4)27-25(29)16-21-10-9-11-22(26)15-21/h7,9-13,15,17,19,24H,4,8,14,16H2,1-3,5-6H3,(H,27,29)/b13-12-,23-7+. The molecule has 0 aliphatic heterocycles. The first-order valence-corrected chi connectivity index (χ1v) is 10.4. The van der Waals surface area contributed by atoms with Crippen LogP contribution in [0, 0.1) is 17.7 Å². The molecule has 0 radical (unpaired) electrons. The number of rotatable bonds is 12. The number of halogens is 1. The molecular formula is C25H34FNO3. The maximum Gasteiger partial charge on any atom is 0.228 e. The molecule has 1 aromatic carbocycles. The van der Waals surface area contributed by atoms with Gasteiger partial charge in [-0.05, 0) is 68.5 Å². The lowest BCUT2D eigenvalue weighted by Crippen LogP contribution is -2.23. The number of hydrogen-bond acceptors (Lipinski definition) is 3. The van der Waals surface area contributed by atoms with Crippen molar-refractivity contribution in [3.05, 3.63) is 71.9 Å². The number of benzene rings is 1. The molecular weight excluding hydrogens is 381 g/mol. The lowest BCUT2D eigenvalue weighted by molar-refractivity contribution is -0.122. The molecule has 0 saturated carbocycles. The third kappa shape index (κ3) is 9.21. The molecule has 5 heteroatoms. The highest BCUT2D eigenvalue weighted by Crippen LogP contribution is 2.22. The fraction of sp³-hybridized carbons (Fsp3) is 0.440. The van der Waals surface area contributed by atoms with E-state index in [1.165, 1.54) is 12.1 Å². The molecule has 0 fully saturated rings. The zero-order valence-electron chi connectivity index (χ0n) is 18.7. The van der Waals surface area contributed by atoms with Crippen molar-refractivity contribution in [2.45, 2.75) is 60.0 Å². The summed E-state index contributed by atoms with van der Waals surface area (Å²) in [7, 11) is 0. The van der Waals surface area contributed by atoms with Gasteiger partial charge in [0.25, 0.3) is 0 Å². The fourth-order valence-electron chi connectivity index (χ4n) is 2.99. The number of Topliss-reactive ketones (excluding diaryl/α,β-unsaturated/α-hetero) is 1. The van der Waals surface area contributed by atoms with Crippen LogP contribution >= 0.6 is 0 Å². The van der Waals surface area contributed by atoms with Crippen molar-refractivity contribution in [2.75, 3.05) is 0 Å². The van der Waals surface area contributed by atoms with Crippen molar-refractivity contribution in [3.63, 3.8) is 0 Å². The molecule has 30 heavy (non-hydrogen) atoms. The summed E-state index contributed by atoms with van der Waals surface area (Å²) in [4.78, 5) is 23.7. The molecule has 1 rings (SSSR count). The second kappa shape index (κ2) is 12.8. The molecule has 164 valence electrons. The number of hydrogen-bond donors (Lipinski definition) is 1. The van der Waals surface area contributed by atoms with Gasteiger partial charge in [-0.2, -0.15) is 0 Å². The largest absolute Gasteiger partial charge is 0.491 e. The van der Waals surface area contributed by atoms with E-state index in [9.17, 15) is 14.0 Å². The molecule has 0 aliphatic rings. The summed E-state index contributed by atoms with van der Waals surface area (Å²) >= 11 is 0. The van der Waals surface area contributed by atoms with Crippen LogP contribution in [0.25, 0.3) is 0 Å². The number of amides is 1. The van der Waals surface area contributed by atoms with Crippen LogP contribution in [0.15, 0.2) is 60.5 Å². The van der Waals surface area contributed by atoms with Crippen LogP contribution in [0.1, 0.15) is 53.0 Å². The van der Waals surface area contributed by atoms with Crippen LogP contribution in [0.3, 0.4) is 0 Å². The summed E-state index contributed by atoms with van der Waals surface area (Å²) in [6.07, 6.45) is 6.95. The normalized spacial score (nSPS) is 14.8. The Morgan fingerprint density at radius 3 is 2.53 bits per heavy atom. The second-order valence-electron chi connectivity index (χ2n) is 7.66. The van der Waals surface area contributed by atoms with Crippen molar-refractivity contribution in [2.24, 2.45) is 11.8 Å². The molecule has 3 atom stereocenters. The van der Waals surface area contributed by atoms with Crippen molar-refractivity contribution in [1.82, 2.24) is 5.32 Å². The van der Waals surface area contributed by atoms with E-state index >= 15 is 0 Å². The van der Waals surface area contributed by atoms with Gasteiger partial charge in [0, 0.05) is 11.6 Å². The first-order valence-electron chi connectivity index (χ1n) is 10.4. The first-order chi connectivity index (χ1) is 14.2.